The van der Waals surface area contributed by atoms with Crippen molar-refractivity contribution in [1.82, 2.24) is 15.1 Å². The Morgan fingerprint density at radius 2 is 2.10 bits per heavy atom. The van der Waals surface area contributed by atoms with Gasteiger partial charge in [-0.2, -0.15) is 0 Å². The SMILES string of the molecule is CC1CC(CN)CN1C(=O)CN1C(=O)NC(C)(C)C1=O. The third-order valence-electron chi connectivity index (χ3n) is 4.05. The standard InChI is InChI=1S/C13H22N4O3/c1-8-4-9(5-14)6-16(8)10(18)7-17-11(19)13(2,3)15-12(17)20/h8-9H,4-7,14H2,1-3H3,(H,15,20). The lowest BCUT2D eigenvalue weighted by Crippen LogP contribution is -2.45. The maximum absolute atomic E-state index is 12.3. The molecule has 2 fully saturated rings. The summed E-state index contributed by atoms with van der Waals surface area (Å²) in [5, 5.41) is 2.57. The molecule has 7 nitrogen and oxygen atoms in total. The molecule has 2 aliphatic rings. The van der Waals surface area contributed by atoms with E-state index in [0.717, 1.165) is 11.3 Å². The third-order valence-corrected chi connectivity index (χ3v) is 4.05. The molecule has 2 rings (SSSR count). The summed E-state index contributed by atoms with van der Waals surface area (Å²) in [4.78, 5) is 38.8. The Balaban J connectivity index is 2.02. The predicted molar refractivity (Wildman–Crippen MR) is 72.7 cm³/mol. The molecule has 2 unspecified atom stereocenters. The molecule has 0 bridgehead atoms. The summed E-state index contributed by atoms with van der Waals surface area (Å²) in [5.74, 6) is -0.263. The Hall–Kier alpha value is -1.63. The van der Waals surface area contributed by atoms with Gasteiger partial charge < -0.3 is 16.0 Å². The number of hydrogen-bond donors (Lipinski definition) is 2. The van der Waals surface area contributed by atoms with E-state index in [-0.39, 0.29) is 24.4 Å². The average Bonchev–Trinajstić information content (AvgIpc) is 2.82. The highest BCUT2D eigenvalue weighted by molar-refractivity contribution is 6.08. The maximum atomic E-state index is 12.3. The number of rotatable bonds is 3. The molecule has 2 atom stereocenters. The first kappa shape index (κ1) is 14.8. The van der Waals surface area contributed by atoms with E-state index in [4.69, 9.17) is 5.73 Å². The summed E-state index contributed by atoms with van der Waals surface area (Å²) in [6.45, 7) is 6.16. The van der Waals surface area contributed by atoms with Crippen molar-refractivity contribution < 1.29 is 14.4 Å². The van der Waals surface area contributed by atoms with E-state index in [2.05, 4.69) is 5.32 Å². The smallest absolute Gasteiger partial charge is 0.325 e. The fourth-order valence-corrected chi connectivity index (χ4v) is 2.85. The molecule has 2 saturated heterocycles. The van der Waals surface area contributed by atoms with Gasteiger partial charge in [-0.15, -0.1) is 0 Å². The van der Waals surface area contributed by atoms with Crippen molar-refractivity contribution in [3.63, 3.8) is 0 Å². The minimum absolute atomic E-state index is 0.102. The van der Waals surface area contributed by atoms with Crippen LogP contribution in [0.15, 0.2) is 0 Å². The van der Waals surface area contributed by atoms with Gasteiger partial charge in [-0.3, -0.25) is 14.5 Å². The molecule has 2 aliphatic heterocycles. The number of carbonyl (C=O) groups excluding carboxylic acids is 3. The Labute approximate surface area is 118 Å². The van der Waals surface area contributed by atoms with Crippen molar-refractivity contribution in [1.29, 1.82) is 0 Å². The van der Waals surface area contributed by atoms with E-state index >= 15 is 0 Å². The second-order valence-corrected chi connectivity index (χ2v) is 6.18. The van der Waals surface area contributed by atoms with Crippen molar-refractivity contribution in [2.75, 3.05) is 19.6 Å². The lowest BCUT2D eigenvalue weighted by atomic mass is 10.1. The van der Waals surface area contributed by atoms with Crippen LogP contribution >= 0.6 is 0 Å². The first-order valence-corrected chi connectivity index (χ1v) is 6.90. The van der Waals surface area contributed by atoms with Crippen LogP contribution in [0.4, 0.5) is 4.79 Å². The second kappa shape index (κ2) is 5.05. The van der Waals surface area contributed by atoms with Gasteiger partial charge in [0.25, 0.3) is 5.91 Å². The van der Waals surface area contributed by atoms with Crippen molar-refractivity contribution in [3.8, 4) is 0 Å². The minimum Gasteiger partial charge on any atom is -0.338 e. The monoisotopic (exact) mass is 282 g/mol. The quantitative estimate of drug-likeness (QED) is 0.683. The van der Waals surface area contributed by atoms with Crippen LogP contribution in [0.2, 0.25) is 0 Å². The van der Waals surface area contributed by atoms with Gasteiger partial charge in [-0.25, -0.2) is 4.79 Å². The molecule has 20 heavy (non-hydrogen) atoms. The number of urea groups is 1. The van der Waals surface area contributed by atoms with E-state index < -0.39 is 11.6 Å². The molecule has 0 aromatic carbocycles. The van der Waals surface area contributed by atoms with Gasteiger partial charge in [0, 0.05) is 12.6 Å². The van der Waals surface area contributed by atoms with E-state index in [9.17, 15) is 14.4 Å². The Kier molecular flexibility index (Phi) is 3.73. The van der Waals surface area contributed by atoms with Gasteiger partial charge in [-0.1, -0.05) is 0 Å². The van der Waals surface area contributed by atoms with Crippen LogP contribution in [0.3, 0.4) is 0 Å². The predicted octanol–water partition coefficient (Wildman–Crippen LogP) is -0.487. The van der Waals surface area contributed by atoms with Gasteiger partial charge >= 0.3 is 6.03 Å². The molecule has 0 saturated carbocycles. The van der Waals surface area contributed by atoms with Gasteiger partial charge in [0.15, 0.2) is 0 Å². The lowest BCUT2D eigenvalue weighted by molar-refractivity contribution is -0.138. The van der Waals surface area contributed by atoms with Gasteiger partial charge in [0.1, 0.15) is 12.1 Å². The van der Waals surface area contributed by atoms with Crippen LogP contribution in [0.5, 0.6) is 0 Å². The number of nitrogens with zero attached hydrogens (tertiary/aromatic N) is 2. The Bertz CT molecular complexity index is 449. The normalized spacial score (nSPS) is 29.0. The van der Waals surface area contributed by atoms with E-state index in [1.807, 2.05) is 6.92 Å². The first-order chi connectivity index (χ1) is 9.26. The van der Waals surface area contributed by atoms with Crippen molar-refractivity contribution in [3.05, 3.63) is 0 Å². The van der Waals surface area contributed by atoms with Gasteiger partial charge in [-0.05, 0) is 39.7 Å². The highest BCUT2D eigenvalue weighted by atomic mass is 16.2. The summed E-state index contributed by atoms with van der Waals surface area (Å²) in [7, 11) is 0. The molecule has 7 heteroatoms. The zero-order valence-corrected chi connectivity index (χ0v) is 12.2. The minimum atomic E-state index is -0.937. The van der Waals surface area contributed by atoms with Crippen LogP contribution in [0.1, 0.15) is 27.2 Å². The van der Waals surface area contributed by atoms with Crippen molar-refractivity contribution >= 4 is 17.8 Å². The van der Waals surface area contributed by atoms with Crippen molar-refractivity contribution in [2.24, 2.45) is 11.7 Å². The van der Waals surface area contributed by atoms with Crippen LogP contribution in [0, 0.1) is 5.92 Å². The summed E-state index contributed by atoms with van der Waals surface area (Å²) in [6, 6.07) is -0.402. The zero-order chi connectivity index (χ0) is 15.1. The van der Waals surface area contributed by atoms with Crippen LogP contribution in [-0.2, 0) is 9.59 Å². The van der Waals surface area contributed by atoms with Crippen LogP contribution < -0.4 is 11.1 Å². The highest BCUT2D eigenvalue weighted by Crippen LogP contribution is 2.23. The lowest BCUT2D eigenvalue weighted by Gasteiger charge is -2.24. The topological polar surface area (TPSA) is 95.7 Å². The average molecular weight is 282 g/mol. The van der Waals surface area contributed by atoms with Crippen molar-refractivity contribution in [2.45, 2.75) is 38.8 Å². The summed E-state index contributed by atoms with van der Waals surface area (Å²) >= 11 is 0. The number of imide groups is 1. The van der Waals surface area contributed by atoms with E-state index in [1.54, 1.807) is 18.7 Å². The number of carbonyl (C=O) groups is 3. The molecule has 0 aliphatic carbocycles. The largest absolute Gasteiger partial charge is 0.338 e. The molecule has 3 N–H and O–H groups in total. The number of hydrogen-bond acceptors (Lipinski definition) is 4. The van der Waals surface area contributed by atoms with Gasteiger partial charge in [0.2, 0.25) is 5.91 Å². The highest BCUT2D eigenvalue weighted by Gasteiger charge is 2.45. The number of amides is 4. The number of likely N-dealkylation sites (tertiary alicyclic amines) is 1. The third kappa shape index (κ3) is 2.49. The van der Waals surface area contributed by atoms with Crippen LogP contribution in [0.25, 0.3) is 0 Å². The first-order valence-electron chi connectivity index (χ1n) is 6.90. The fourth-order valence-electron chi connectivity index (χ4n) is 2.85. The molecule has 0 spiro atoms. The molecule has 4 amide bonds. The number of nitrogens with one attached hydrogen (secondary N) is 1. The Morgan fingerprint density at radius 3 is 2.55 bits per heavy atom. The Morgan fingerprint density at radius 1 is 1.45 bits per heavy atom. The van der Waals surface area contributed by atoms with Gasteiger partial charge in [0.05, 0.1) is 0 Å². The molecule has 112 valence electrons. The van der Waals surface area contributed by atoms with E-state index in [0.29, 0.717) is 19.0 Å². The van der Waals surface area contributed by atoms with E-state index in [1.165, 1.54) is 0 Å². The molecule has 0 aromatic rings. The number of nitrogens with two attached hydrogens (primary N) is 1. The summed E-state index contributed by atoms with van der Waals surface area (Å²) in [6.07, 6.45) is 0.869. The molecular weight excluding hydrogens is 260 g/mol. The second-order valence-electron chi connectivity index (χ2n) is 6.18. The summed E-state index contributed by atoms with van der Waals surface area (Å²) < 4.78 is 0. The fraction of sp³-hybridized carbons (Fsp3) is 0.769. The molecule has 0 radical (unpaired) electrons. The zero-order valence-electron chi connectivity index (χ0n) is 12.2. The maximum Gasteiger partial charge on any atom is 0.325 e. The molecule has 2 heterocycles. The molecule has 0 aromatic heterocycles. The van der Waals surface area contributed by atoms with Crippen LogP contribution in [-0.4, -0.2) is 58.9 Å². The molecular formula is C13H22N4O3. The summed E-state index contributed by atoms with van der Waals surface area (Å²) in [5.41, 5.74) is 4.70.